The number of hydrogen-bond donors (Lipinski definition) is 3. The van der Waals surface area contributed by atoms with Crippen molar-refractivity contribution in [3.63, 3.8) is 0 Å². The molecule has 3 N–H and O–H groups in total. The Balaban J connectivity index is 1.82. The summed E-state index contributed by atoms with van der Waals surface area (Å²) in [6, 6.07) is 5.24. The van der Waals surface area contributed by atoms with Gasteiger partial charge in [-0.2, -0.15) is 0 Å². The van der Waals surface area contributed by atoms with Crippen molar-refractivity contribution >= 4 is 17.2 Å². The number of aromatic amines is 2. The van der Waals surface area contributed by atoms with Crippen LogP contribution in [0, 0.1) is 0 Å². The van der Waals surface area contributed by atoms with Crippen LogP contribution in [0.15, 0.2) is 28.4 Å². The van der Waals surface area contributed by atoms with Gasteiger partial charge >= 0.3 is 0 Å². The van der Waals surface area contributed by atoms with Crippen LogP contribution in [0.4, 0.5) is 0 Å². The number of aromatic nitrogens is 2. The maximum absolute atomic E-state index is 11.5. The van der Waals surface area contributed by atoms with Crippen LogP contribution >= 0.6 is 11.3 Å². The fraction of sp³-hybridized carbons (Fsp3) is 0.200. The van der Waals surface area contributed by atoms with E-state index in [4.69, 9.17) is 0 Å². The summed E-state index contributed by atoms with van der Waals surface area (Å²) < 4.78 is 0. The Hall–Kier alpha value is -1.82. The van der Waals surface area contributed by atoms with Crippen LogP contribution in [0.2, 0.25) is 0 Å². The lowest BCUT2D eigenvalue weighted by atomic mass is 10.3. The fourth-order valence-corrected chi connectivity index (χ4v) is 2.01. The van der Waals surface area contributed by atoms with Crippen LogP contribution in [0.25, 0.3) is 0 Å². The molecule has 0 bridgehead atoms. The Morgan fingerprint density at radius 2 is 2.31 bits per heavy atom. The van der Waals surface area contributed by atoms with Gasteiger partial charge < -0.3 is 5.32 Å². The summed E-state index contributed by atoms with van der Waals surface area (Å²) in [5.74, 6) is -0.269. The minimum atomic E-state index is -0.302. The number of nitrogens with one attached hydrogen (secondary N) is 3. The van der Waals surface area contributed by atoms with E-state index in [1.165, 1.54) is 10.9 Å². The number of amides is 1. The number of carbonyl (C=O) groups excluding carboxylic acids is 1. The summed E-state index contributed by atoms with van der Waals surface area (Å²) in [7, 11) is 0. The maximum Gasteiger partial charge on any atom is 0.269 e. The van der Waals surface area contributed by atoms with E-state index in [1.54, 1.807) is 11.3 Å². The summed E-state index contributed by atoms with van der Waals surface area (Å²) >= 11 is 1.66. The zero-order valence-corrected chi connectivity index (χ0v) is 9.26. The second kappa shape index (κ2) is 4.80. The molecule has 16 heavy (non-hydrogen) atoms. The van der Waals surface area contributed by atoms with Crippen molar-refractivity contribution in [1.29, 1.82) is 0 Å². The number of carbonyl (C=O) groups is 1. The van der Waals surface area contributed by atoms with Gasteiger partial charge in [0.15, 0.2) is 0 Å². The summed E-state index contributed by atoms with van der Waals surface area (Å²) in [6.07, 6.45) is 0.804. The average Bonchev–Trinajstić information content (AvgIpc) is 2.89. The van der Waals surface area contributed by atoms with E-state index in [1.807, 2.05) is 17.5 Å². The number of hydrogen-bond acceptors (Lipinski definition) is 3. The molecule has 5 nitrogen and oxygen atoms in total. The predicted molar refractivity (Wildman–Crippen MR) is 61.8 cm³/mol. The molecule has 0 saturated carbocycles. The van der Waals surface area contributed by atoms with Crippen LogP contribution in [0.1, 0.15) is 15.4 Å². The van der Waals surface area contributed by atoms with Crippen molar-refractivity contribution in [2.45, 2.75) is 6.42 Å². The van der Waals surface area contributed by atoms with Gasteiger partial charge in [0.25, 0.3) is 11.5 Å². The van der Waals surface area contributed by atoms with Crippen molar-refractivity contribution in [3.05, 3.63) is 44.5 Å². The molecule has 0 fully saturated rings. The molecule has 0 aliphatic rings. The highest BCUT2D eigenvalue weighted by molar-refractivity contribution is 7.09. The van der Waals surface area contributed by atoms with Crippen molar-refractivity contribution in [3.8, 4) is 0 Å². The Morgan fingerprint density at radius 3 is 2.94 bits per heavy atom. The van der Waals surface area contributed by atoms with Crippen molar-refractivity contribution in [1.82, 2.24) is 15.5 Å². The van der Waals surface area contributed by atoms with Gasteiger partial charge in [-0.3, -0.25) is 19.8 Å². The molecule has 0 atom stereocenters. The highest BCUT2D eigenvalue weighted by Gasteiger charge is 2.06. The van der Waals surface area contributed by atoms with Gasteiger partial charge in [0, 0.05) is 17.5 Å². The van der Waals surface area contributed by atoms with Crippen LogP contribution in [0.5, 0.6) is 0 Å². The molecule has 0 radical (unpaired) electrons. The lowest BCUT2D eigenvalue weighted by Crippen LogP contribution is -2.25. The normalized spacial score (nSPS) is 10.2. The Bertz CT molecular complexity index is 512. The molecule has 2 rings (SSSR count). The Morgan fingerprint density at radius 1 is 1.44 bits per heavy atom. The van der Waals surface area contributed by atoms with E-state index in [0.717, 1.165) is 6.42 Å². The lowest BCUT2D eigenvalue weighted by molar-refractivity contribution is 0.0949. The first kappa shape index (κ1) is 10.7. The van der Waals surface area contributed by atoms with Crippen LogP contribution in [-0.4, -0.2) is 22.6 Å². The van der Waals surface area contributed by atoms with Crippen molar-refractivity contribution in [2.24, 2.45) is 0 Å². The molecule has 1 amide bonds. The van der Waals surface area contributed by atoms with Crippen molar-refractivity contribution < 1.29 is 4.79 Å². The third-order valence-corrected chi connectivity index (χ3v) is 3.01. The summed E-state index contributed by atoms with van der Waals surface area (Å²) in [5.41, 5.74) is -0.0420. The quantitative estimate of drug-likeness (QED) is 0.733. The molecule has 0 spiro atoms. The molecular weight excluding hydrogens is 226 g/mol. The van der Waals surface area contributed by atoms with Gasteiger partial charge in [-0.05, 0) is 17.9 Å². The standard InChI is InChI=1S/C10H11N3O2S/c14-9-6-8(12-13-9)10(15)11-4-3-7-2-1-5-16-7/h1-2,5-6H,3-4H2,(H,11,15)(H2,12,13,14). The van der Waals surface area contributed by atoms with E-state index in [2.05, 4.69) is 15.5 Å². The molecule has 2 aromatic rings. The van der Waals surface area contributed by atoms with E-state index in [-0.39, 0.29) is 17.2 Å². The van der Waals surface area contributed by atoms with Crippen LogP contribution < -0.4 is 10.9 Å². The SMILES string of the molecule is O=C(NCCc1cccs1)c1cc(=O)[nH][nH]1. The summed E-state index contributed by atoms with van der Waals surface area (Å²) in [6.45, 7) is 0.562. The van der Waals surface area contributed by atoms with Crippen LogP contribution in [-0.2, 0) is 6.42 Å². The van der Waals surface area contributed by atoms with E-state index < -0.39 is 0 Å². The number of rotatable bonds is 4. The fourth-order valence-electron chi connectivity index (χ4n) is 1.30. The first-order chi connectivity index (χ1) is 7.75. The molecule has 0 unspecified atom stereocenters. The largest absolute Gasteiger partial charge is 0.350 e. The monoisotopic (exact) mass is 237 g/mol. The minimum Gasteiger partial charge on any atom is -0.350 e. The number of H-pyrrole nitrogens is 2. The Labute approximate surface area is 95.5 Å². The first-order valence-electron chi connectivity index (χ1n) is 4.84. The van der Waals surface area contributed by atoms with Gasteiger partial charge in [0.2, 0.25) is 0 Å². The lowest BCUT2D eigenvalue weighted by Gasteiger charge is -2.01. The van der Waals surface area contributed by atoms with Gasteiger partial charge in [-0.25, -0.2) is 0 Å². The maximum atomic E-state index is 11.5. The molecule has 84 valence electrons. The average molecular weight is 237 g/mol. The summed E-state index contributed by atoms with van der Waals surface area (Å²) in [5, 5.41) is 9.55. The molecule has 2 aromatic heterocycles. The second-order valence-corrected chi connectivity index (χ2v) is 4.29. The Kier molecular flexibility index (Phi) is 3.21. The molecule has 0 saturated heterocycles. The molecular formula is C10H11N3O2S. The van der Waals surface area contributed by atoms with Gasteiger partial charge in [-0.15, -0.1) is 11.3 Å². The van der Waals surface area contributed by atoms with Gasteiger partial charge in [0.05, 0.1) is 0 Å². The molecule has 0 aliphatic carbocycles. The predicted octanol–water partition coefficient (Wildman–Crippen LogP) is 0.737. The number of thiophene rings is 1. The van der Waals surface area contributed by atoms with E-state index >= 15 is 0 Å². The highest BCUT2D eigenvalue weighted by atomic mass is 32.1. The van der Waals surface area contributed by atoms with Gasteiger partial charge in [-0.1, -0.05) is 6.07 Å². The first-order valence-corrected chi connectivity index (χ1v) is 5.72. The van der Waals surface area contributed by atoms with Crippen LogP contribution in [0.3, 0.4) is 0 Å². The summed E-state index contributed by atoms with van der Waals surface area (Å²) in [4.78, 5) is 23.5. The third kappa shape index (κ3) is 2.60. The smallest absolute Gasteiger partial charge is 0.269 e. The molecule has 2 heterocycles. The zero-order valence-electron chi connectivity index (χ0n) is 8.45. The molecule has 0 aromatic carbocycles. The molecule has 0 aliphatic heterocycles. The van der Waals surface area contributed by atoms with E-state index in [0.29, 0.717) is 6.54 Å². The minimum absolute atomic E-state index is 0.260. The highest BCUT2D eigenvalue weighted by Crippen LogP contribution is 2.08. The second-order valence-electron chi connectivity index (χ2n) is 3.26. The van der Waals surface area contributed by atoms with Crippen molar-refractivity contribution in [2.75, 3.05) is 6.54 Å². The van der Waals surface area contributed by atoms with E-state index in [9.17, 15) is 9.59 Å². The van der Waals surface area contributed by atoms with Gasteiger partial charge in [0.1, 0.15) is 5.69 Å². The third-order valence-electron chi connectivity index (χ3n) is 2.08. The topological polar surface area (TPSA) is 77.8 Å². The zero-order chi connectivity index (χ0) is 11.4. The molecule has 6 heteroatoms.